The zero-order valence-corrected chi connectivity index (χ0v) is 16.3. The van der Waals surface area contributed by atoms with Crippen LogP contribution in [0.15, 0.2) is 23.3 Å². The third-order valence-electron chi connectivity index (χ3n) is 5.38. The largest absolute Gasteiger partial charge is 0.482 e. The molecule has 0 spiro atoms. The molecule has 0 unspecified atom stereocenters. The van der Waals surface area contributed by atoms with E-state index >= 15 is 0 Å². The molecule has 0 saturated heterocycles. The Morgan fingerprint density at radius 1 is 1.35 bits per heavy atom. The molecule has 7 heteroatoms. The van der Waals surface area contributed by atoms with Crippen molar-refractivity contribution in [3.05, 3.63) is 23.8 Å². The van der Waals surface area contributed by atoms with Crippen molar-refractivity contribution in [1.82, 2.24) is 10.7 Å². The minimum Gasteiger partial charge on any atom is -0.482 e. The Labute approximate surface area is 159 Å². The first-order valence-electron chi connectivity index (χ1n) is 9.12. The number of nitrogens with zero attached hydrogens (tertiary/aromatic N) is 1. The number of rotatable bonds is 3. The Morgan fingerprint density at radius 3 is 2.96 bits per heavy atom. The predicted octanol–water partition coefficient (Wildman–Crippen LogP) is 3.03. The third-order valence-corrected chi connectivity index (χ3v) is 5.59. The van der Waals surface area contributed by atoms with Gasteiger partial charge in [0.25, 0.3) is 5.91 Å². The van der Waals surface area contributed by atoms with E-state index in [1.807, 2.05) is 25.1 Å². The summed E-state index contributed by atoms with van der Waals surface area (Å²) in [6, 6.07) is 6.00. The minimum atomic E-state index is -0.149. The molecule has 3 N–H and O–H groups in total. The summed E-state index contributed by atoms with van der Waals surface area (Å²) in [5.41, 5.74) is 5.28. The number of fused-ring (bicyclic) bond motifs is 1. The molecule has 0 bridgehead atoms. The van der Waals surface area contributed by atoms with Crippen LogP contribution < -0.4 is 20.8 Å². The molecule has 1 aliphatic heterocycles. The summed E-state index contributed by atoms with van der Waals surface area (Å²) in [5, 5.41) is 11.1. The van der Waals surface area contributed by atoms with Crippen LogP contribution in [0.5, 0.6) is 5.75 Å². The van der Waals surface area contributed by atoms with Crippen LogP contribution in [0.3, 0.4) is 0 Å². The van der Waals surface area contributed by atoms with Crippen LogP contribution in [0.4, 0.5) is 5.69 Å². The molecule has 0 aromatic heterocycles. The van der Waals surface area contributed by atoms with E-state index in [0.29, 0.717) is 34.4 Å². The fraction of sp³-hybridized carbons (Fsp3) is 0.526. The van der Waals surface area contributed by atoms with Crippen LogP contribution in [0, 0.1) is 11.8 Å². The van der Waals surface area contributed by atoms with Gasteiger partial charge in [-0.25, -0.2) is 0 Å². The predicted molar refractivity (Wildman–Crippen MR) is 108 cm³/mol. The summed E-state index contributed by atoms with van der Waals surface area (Å²) in [5.74, 6) is 1.83. The molecule has 1 fully saturated rings. The number of amides is 1. The highest BCUT2D eigenvalue weighted by atomic mass is 32.1. The van der Waals surface area contributed by atoms with E-state index in [1.54, 1.807) is 0 Å². The molecule has 1 heterocycles. The molecule has 3 atom stereocenters. The summed E-state index contributed by atoms with van der Waals surface area (Å²) < 4.78 is 5.37. The highest BCUT2D eigenvalue weighted by molar-refractivity contribution is 7.80. The van der Waals surface area contributed by atoms with E-state index in [4.69, 9.17) is 17.0 Å². The van der Waals surface area contributed by atoms with Crippen molar-refractivity contribution in [3.8, 4) is 5.75 Å². The minimum absolute atomic E-state index is 0.0547. The molecule has 1 amide bonds. The monoisotopic (exact) mass is 374 g/mol. The van der Waals surface area contributed by atoms with Crippen LogP contribution in [0.1, 0.15) is 45.6 Å². The first-order chi connectivity index (χ1) is 12.4. The summed E-state index contributed by atoms with van der Waals surface area (Å²) in [7, 11) is 0. The Morgan fingerprint density at radius 2 is 2.15 bits per heavy atom. The number of hydrogen-bond donors (Lipinski definition) is 3. The molecule has 1 aliphatic carbocycles. The summed E-state index contributed by atoms with van der Waals surface area (Å²) in [6.07, 6.45) is 3.66. The quantitative estimate of drug-likeness (QED) is 0.431. The number of carbonyl (C=O) groups excluding carboxylic acids is 1. The van der Waals surface area contributed by atoms with Gasteiger partial charge in [0.05, 0.1) is 11.4 Å². The molecule has 140 valence electrons. The normalized spacial score (nSPS) is 25.6. The number of anilines is 1. The average molecular weight is 375 g/mol. The standard InChI is InChI=1S/C19H26N4O2S/c1-11-5-4-6-15(12(11)2)21-19(26)23-22-13(3)14-7-8-17-16(9-14)20-18(24)10-25-17/h7-9,11-12,15H,4-6,10H2,1-3H3,(H,20,24)(H2,21,23,26)/b22-13-/t11-,12+,15+/m0/s1. The van der Waals surface area contributed by atoms with Crippen molar-refractivity contribution in [2.45, 2.75) is 46.1 Å². The maximum atomic E-state index is 11.5. The van der Waals surface area contributed by atoms with Gasteiger partial charge in [-0.15, -0.1) is 0 Å². The molecule has 26 heavy (non-hydrogen) atoms. The van der Waals surface area contributed by atoms with E-state index in [2.05, 4.69) is 35.0 Å². The molecular formula is C19H26N4O2S. The van der Waals surface area contributed by atoms with Crippen molar-refractivity contribution >= 4 is 34.6 Å². The first kappa shape index (κ1) is 18.6. The molecule has 1 saturated carbocycles. The van der Waals surface area contributed by atoms with E-state index in [9.17, 15) is 4.79 Å². The maximum absolute atomic E-state index is 11.5. The van der Waals surface area contributed by atoms with Gasteiger partial charge in [0.15, 0.2) is 11.7 Å². The molecule has 1 aromatic carbocycles. The van der Waals surface area contributed by atoms with Gasteiger partial charge in [0.1, 0.15) is 5.75 Å². The van der Waals surface area contributed by atoms with E-state index in [-0.39, 0.29) is 12.5 Å². The molecule has 2 aliphatic rings. The van der Waals surface area contributed by atoms with Gasteiger partial charge in [0.2, 0.25) is 0 Å². The highest BCUT2D eigenvalue weighted by Gasteiger charge is 2.27. The number of hydrogen-bond acceptors (Lipinski definition) is 4. The highest BCUT2D eigenvalue weighted by Crippen LogP contribution is 2.30. The van der Waals surface area contributed by atoms with Crippen LogP contribution >= 0.6 is 12.2 Å². The lowest BCUT2D eigenvalue weighted by atomic mass is 9.78. The van der Waals surface area contributed by atoms with Crippen molar-refractivity contribution in [3.63, 3.8) is 0 Å². The van der Waals surface area contributed by atoms with Gasteiger partial charge in [-0.05, 0) is 61.2 Å². The Bertz CT molecular complexity index is 734. The SMILES string of the molecule is C/C(=N/NC(=S)N[C@@H]1CCC[C@H](C)[C@H]1C)c1ccc2c(c1)NC(=O)CO2. The zero-order valence-electron chi connectivity index (χ0n) is 15.5. The smallest absolute Gasteiger partial charge is 0.262 e. The Kier molecular flexibility index (Phi) is 5.76. The Balaban J connectivity index is 1.60. The molecule has 6 nitrogen and oxygen atoms in total. The van der Waals surface area contributed by atoms with Gasteiger partial charge in [-0.1, -0.05) is 26.7 Å². The fourth-order valence-corrected chi connectivity index (χ4v) is 3.69. The lowest BCUT2D eigenvalue weighted by molar-refractivity contribution is -0.118. The van der Waals surface area contributed by atoms with Crippen molar-refractivity contribution in [2.24, 2.45) is 16.9 Å². The molecular weight excluding hydrogens is 348 g/mol. The zero-order chi connectivity index (χ0) is 18.7. The number of hydrazone groups is 1. The molecule has 0 radical (unpaired) electrons. The second-order valence-corrected chi connectivity index (χ2v) is 7.61. The van der Waals surface area contributed by atoms with Crippen LogP contribution in [0.25, 0.3) is 0 Å². The fourth-order valence-electron chi connectivity index (χ4n) is 3.49. The third kappa shape index (κ3) is 4.33. The van der Waals surface area contributed by atoms with Gasteiger partial charge >= 0.3 is 0 Å². The van der Waals surface area contributed by atoms with Gasteiger partial charge in [-0.3, -0.25) is 10.2 Å². The second-order valence-electron chi connectivity index (χ2n) is 7.20. The molecule has 3 rings (SSSR count). The number of thiocarbonyl (C=S) groups is 1. The number of carbonyl (C=O) groups is 1. The maximum Gasteiger partial charge on any atom is 0.262 e. The van der Waals surface area contributed by atoms with E-state index in [0.717, 1.165) is 17.7 Å². The summed E-state index contributed by atoms with van der Waals surface area (Å²) >= 11 is 5.40. The van der Waals surface area contributed by atoms with Crippen molar-refractivity contribution < 1.29 is 9.53 Å². The number of ether oxygens (including phenoxy) is 1. The lowest BCUT2D eigenvalue weighted by Gasteiger charge is -2.35. The lowest BCUT2D eigenvalue weighted by Crippen LogP contribution is -2.46. The number of nitrogens with one attached hydrogen (secondary N) is 3. The van der Waals surface area contributed by atoms with Crippen LogP contribution in [0.2, 0.25) is 0 Å². The first-order valence-corrected chi connectivity index (χ1v) is 9.52. The number of benzene rings is 1. The van der Waals surface area contributed by atoms with Gasteiger partial charge < -0.3 is 15.4 Å². The van der Waals surface area contributed by atoms with Crippen molar-refractivity contribution in [2.75, 3.05) is 11.9 Å². The van der Waals surface area contributed by atoms with Gasteiger partial charge in [0, 0.05) is 6.04 Å². The summed E-state index contributed by atoms with van der Waals surface area (Å²) in [4.78, 5) is 11.5. The van der Waals surface area contributed by atoms with Crippen LogP contribution in [-0.2, 0) is 4.79 Å². The molecule has 1 aromatic rings. The van der Waals surface area contributed by atoms with E-state index < -0.39 is 0 Å². The topological polar surface area (TPSA) is 74.8 Å². The second kappa shape index (κ2) is 8.03. The van der Waals surface area contributed by atoms with Crippen molar-refractivity contribution in [1.29, 1.82) is 0 Å². The van der Waals surface area contributed by atoms with Crippen LogP contribution in [-0.4, -0.2) is 29.4 Å². The van der Waals surface area contributed by atoms with Gasteiger partial charge in [-0.2, -0.15) is 5.10 Å². The van der Waals surface area contributed by atoms with E-state index in [1.165, 1.54) is 12.8 Å². The Hall–Kier alpha value is -2.15. The average Bonchev–Trinajstić information content (AvgIpc) is 2.63. The summed E-state index contributed by atoms with van der Waals surface area (Å²) in [6.45, 7) is 6.53.